The van der Waals surface area contributed by atoms with E-state index in [2.05, 4.69) is 0 Å². The van der Waals surface area contributed by atoms with E-state index in [1.54, 1.807) is 6.07 Å². The van der Waals surface area contributed by atoms with E-state index in [0.29, 0.717) is 5.02 Å². The molecule has 0 N–H and O–H groups in total. The molecule has 2 aromatic rings. The summed E-state index contributed by atoms with van der Waals surface area (Å²) in [5.41, 5.74) is 0.0111. The molecule has 0 unspecified atom stereocenters. The van der Waals surface area contributed by atoms with E-state index in [1.165, 1.54) is 24.3 Å². The topological polar surface area (TPSA) is 17.1 Å². The maximum atomic E-state index is 13.6. The van der Waals surface area contributed by atoms with E-state index < -0.39 is 11.6 Å². The van der Waals surface area contributed by atoms with Gasteiger partial charge in [-0.05, 0) is 36.4 Å². The maximum absolute atomic E-state index is 13.6. The summed E-state index contributed by atoms with van der Waals surface area (Å²) in [6, 6.07) is 8.19. The van der Waals surface area contributed by atoms with Gasteiger partial charge in [-0.3, -0.25) is 4.79 Å². The van der Waals surface area contributed by atoms with E-state index in [4.69, 9.17) is 34.8 Å². The summed E-state index contributed by atoms with van der Waals surface area (Å²) in [6.45, 7) is 0. The lowest BCUT2D eigenvalue weighted by atomic mass is 10.0. The monoisotopic (exact) mass is 302 g/mol. The van der Waals surface area contributed by atoms with Crippen molar-refractivity contribution in [2.24, 2.45) is 0 Å². The first-order valence-corrected chi connectivity index (χ1v) is 6.07. The van der Waals surface area contributed by atoms with Gasteiger partial charge in [-0.2, -0.15) is 0 Å². The van der Waals surface area contributed by atoms with Crippen LogP contribution in [0.15, 0.2) is 36.4 Å². The lowest BCUT2D eigenvalue weighted by Crippen LogP contribution is -2.05. The minimum Gasteiger partial charge on any atom is -0.288 e. The number of hydrogen-bond donors (Lipinski definition) is 0. The Hall–Kier alpha value is -1.09. The third-order valence-corrected chi connectivity index (χ3v) is 3.15. The minimum absolute atomic E-state index is 0.133. The van der Waals surface area contributed by atoms with Crippen molar-refractivity contribution >= 4 is 40.6 Å². The molecule has 0 spiro atoms. The predicted octanol–water partition coefficient (Wildman–Crippen LogP) is 5.02. The van der Waals surface area contributed by atoms with Crippen LogP contribution in [0.3, 0.4) is 0 Å². The van der Waals surface area contributed by atoms with Crippen LogP contribution in [0, 0.1) is 5.82 Å². The first-order valence-electron chi connectivity index (χ1n) is 4.94. The molecule has 0 saturated carbocycles. The fraction of sp³-hybridized carbons (Fsp3) is 0. The third kappa shape index (κ3) is 2.66. The minimum atomic E-state index is -0.652. The largest absolute Gasteiger partial charge is 0.288 e. The number of benzene rings is 2. The summed E-state index contributed by atoms with van der Waals surface area (Å²) in [5, 5.41) is 0.840. The molecule has 18 heavy (non-hydrogen) atoms. The molecular formula is C13H6Cl3FO. The highest BCUT2D eigenvalue weighted by atomic mass is 35.5. The van der Waals surface area contributed by atoms with Gasteiger partial charge in [-0.15, -0.1) is 0 Å². The Balaban J connectivity index is 2.54. The van der Waals surface area contributed by atoms with Crippen molar-refractivity contribution in [3.05, 3.63) is 68.4 Å². The molecule has 0 aliphatic rings. The summed E-state index contributed by atoms with van der Waals surface area (Å²) < 4.78 is 13.6. The van der Waals surface area contributed by atoms with Crippen LogP contribution in [0.5, 0.6) is 0 Å². The number of hydrogen-bond acceptors (Lipinski definition) is 1. The molecule has 0 saturated heterocycles. The van der Waals surface area contributed by atoms with Crippen LogP contribution in [0.4, 0.5) is 4.39 Å². The summed E-state index contributed by atoms with van der Waals surface area (Å²) in [5.74, 6) is -1.21. The highest BCUT2D eigenvalue weighted by Crippen LogP contribution is 2.25. The normalized spacial score (nSPS) is 10.4. The van der Waals surface area contributed by atoms with Crippen molar-refractivity contribution in [2.45, 2.75) is 0 Å². The van der Waals surface area contributed by atoms with Crippen molar-refractivity contribution in [2.75, 3.05) is 0 Å². The van der Waals surface area contributed by atoms with Gasteiger partial charge in [0.1, 0.15) is 5.82 Å². The van der Waals surface area contributed by atoms with Crippen LogP contribution in [0.25, 0.3) is 0 Å². The molecule has 0 aliphatic carbocycles. The lowest BCUT2D eigenvalue weighted by molar-refractivity contribution is 0.103. The molecule has 1 nitrogen and oxygen atoms in total. The van der Waals surface area contributed by atoms with Crippen LogP contribution in [0.2, 0.25) is 15.1 Å². The van der Waals surface area contributed by atoms with E-state index in [-0.39, 0.29) is 21.2 Å². The molecule has 92 valence electrons. The van der Waals surface area contributed by atoms with Crippen LogP contribution in [-0.2, 0) is 0 Å². The zero-order chi connectivity index (χ0) is 13.3. The second-order valence-corrected chi connectivity index (χ2v) is 4.86. The third-order valence-electron chi connectivity index (χ3n) is 2.35. The highest BCUT2D eigenvalue weighted by Gasteiger charge is 2.17. The van der Waals surface area contributed by atoms with Gasteiger partial charge >= 0.3 is 0 Å². The quantitative estimate of drug-likeness (QED) is 0.712. The van der Waals surface area contributed by atoms with Gasteiger partial charge in [0, 0.05) is 15.6 Å². The number of carbonyl (C=O) groups is 1. The van der Waals surface area contributed by atoms with Gasteiger partial charge in [-0.25, -0.2) is 4.39 Å². The van der Waals surface area contributed by atoms with Crippen molar-refractivity contribution in [1.82, 2.24) is 0 Å². The van der Waals surface area contributed by atoms with Crippen molar-refractivity contribution < 1.29 is 9.18 Å². The van der Waals surface area contributed by atoms with Crippen LogP contribution < -0.4 is 0 Å². The van der Waals surface area contributed by atoms with Crippen LogP contribution >= 0.6 is 34.8 Å². The Morgan fingerprint density at radius 1 is 0.889 bits per heavy atom. The maximum Gasteiger partial charge on any atom is 0.197 e. The smallest absolute Gasteiger partial charge is 0.197 e. The molecule has 0 heterocycles. The molecule has 0 amide bonds. The average Bonchev–Trinajstić information content (AvgIpc) is 2.34. The summed E-state index contributed by atoms with van der Waals surface area (Å²) in [6.07, 6.45) is 0. The number of halogens is 4. The Morgan fingerprint density at radius 3 is 2.11 bits per heavy atom. The summed E-state index contributed by atoms with van der Waals surface area (Å²) >= 11 is 17.4. The molecule has 0 fully saturated rings. The molecule has 0 bridgehead atoms. The van der Waals surface area contributed by atoms with Gasteiger partial charge in [0.15, 0.2) is 5.78 Å². The Bertz CT molecular complexity index is 572. The molecule has 0 aliphatic heterocycles. The van der Waals surface area contributed by atoms with Crippen LogP contribution in [0.1, 0.15) is 15.9 Å². The van der Waals surface area contributed by atoms with Crippen molar-refractivity contribution in [3.63, 3.8) is 0 Å². The Morgan fingerprint density at radius 2 is 1.44 bits per heavy atom. The zero-order valence-corrected chi connectivity index (χ0v) is 11.2. The first-order chi connectivity index (χ1) is 8.49. The Kier molecular flexibility index (Phi) is 3.91. The number of carbonyl (C=O) groups excluding carboxylic acids is 1. The summed E-state index contributed by atoms with van der Waals surface area (Å²) in [7, 11) is 0. The standard InChI is InChI=1S/C13H6Cl3FO/c14-7-1-3-11(16)9(5-7)13(18)10-6-8(15)2-4-12(10)17/h1-6H. The molecular weight excluding hydrogens is 297 g/mol. The lowest BCUT2D eigenvalue weighted by Gasteiger charge is -2.06. The van der Waals surface area contributed by atoms with Crippen LogP contribution in [-0.4, -0.2) is 5.78 Å². The van der Waals surface area contributed by atoms with Gasteiger partial charge in [0.2, 0.25) is 0 Å². The van der Waals surface area contributed by atoms with Gasteiger partial charge in [0.05, 0.1) is 10.6 Å². The van der Waals surface area contributed by atoms with Gasteiger partial charge in [-0.1, -0.05) is 34.8 Å². The first kappa shape index (κ1) is 13.3. The molecule has 0 atom stereocenters. The molecule has 5 heteroatoms. The predicted molar refractivity (Wildman–Crippen MR) is 71.3 cm³/mol. The molecule has 2 rings (SSSR count). The fourth-order valence-corrected chi connectivity index (χ4v) is 2.04. The number of rotatable bonds is 2. The van der Waals surface area contributed by atoms with Crippen molar-refractivity contribution in [1.29, 1.82) is 0 Å². The van der Waals surface area contributed by atoms with Gasteiger partial charge in [0.25, 0.3) is 0 Å². The second-order valence-electron chi connectivity index (χ2n) is 3.58. The zero-order valence-electron chi connectivity index (χ0n) is 8.88. The van der Waals surface area contributed by atoms with E-state index in [0.717, 1.165) is 6.07 Å². The van der Waals surface area contributed by atoms with Crippen molar-refractivity contribution in [3.8, 4) is 0 Å². The number of ketones is 1. The molecule has 0 radical (unpaired) electrons. The van der Waals surface area contributed by atoms with E-state index in [1.807, 2.05) is 0 Å². The Labute approximate surface area is 118 Å². The average molecular weight is 304 g/mol. The van der Waals surface area contributed by atoms with E-state index in [9.17, 15) is 9.18 Å². The van der Waals surface area contributed by atoms with E-state index >= 15 is 0 Å². The molecule has 2 aromatic carbocycles. The molecule has 0 aromatic heterocycles. The second kappa shape index (κ2) is 5.27. The SMILES string of the molecule is O=C(c1cc(Cl)ccc1F)c1cc(Cl)ccc1Cl. The van der Waals surface area contributed by atoms with Gasteiger partial charge < -0.3 is 0 Å². The fourth-order valence-electron chi connectivity index (χ4n) is 1.49. The summed E-state index contributed by atoms with van der Waals surface area (Å²) in [4.78, 5) is 12.2. The highest BCUT2D eigenvalue weighted by molar-refractivity contribution is 6.37.